The zero-order valence-electron chi connectivity index (χ0n) is 12.3. The van der Waals surface area contributed by atoms with E-state index in [1.807, 2.05) is 18.3 Å². The number of aromatic amines is 1. The summed E-state index contributed by atoms with van der Waals surface area (Å²) in [5, 5.41) is 10.0. The molecule has 22 heavy (non-hydrogen) atoms. The second kappa shape index (κ2) is 5.66. The summed E-state index contributed by atoms with van der Waals surface area (Å²) in [5.41, 5.74) is 11.0. The van der Waals surface area contributed by atoms with E-state index in [1.165, 1.54) is 5.56 Å². The Hall–Kier alpha value is -2.59. The number of carbonyl (C=O) groups is 1. The number of H-pyrrole nitrogens is 1. The fourth-order valence-electron chi connectivity index (χ4n) is 2.68. The molecule has 0 saturated heterocycles. The third kappa shape index (κ3) is 2.73. The SMILES string of the molecule is Cc1cccc(-c2ccc3[nH]cc(CC(N)C(=O)O)c3c2)c1. The van der Waals surface area contributed by atoms with Crippen molar-refractivity contribution in [2.45, 2.75) is 19.4 Å². The van der Waals surface area contributed by atoms with Gasteiger partial charge in [-0.1, -0.05) is 35.9 Å². The number of carboxylic acid groups (broad SMARTS) is 1. The minimum atomic E-state index is -0.982. The highest BCUT2D eigenvalue weighted by atomic mass is 16.4. The molecule has 3 rings (SSSR count). The Morgan fingerprint density at radius 2 is 2.00 bits per heavy atom. The van der Waals surface area contributed by atoms with Crippen molar-refractivity contribution < 1.29 is 9.90 Å². The van der Waals surface area contributed by atoms with Crippen LogP contribution < -0.4 is 5.73 Å². The summed E-state index contributed by atoms with van der Waals surface area (Å²) in [6, 6.07) is 13.6. The molecule has 1 heterocycles. The summed E-state index contributed by atoms with van der Waals surface area (Å²) in [6.07, 6.45) is 2.15. The van der Waals surface area contributed by atoms with Crippen molar-refractivity contribution in [3.8, 4) is 11.1 Å². The predicted molar refractivity (Wildman–Crippen MR) is 87.8 cm³/mol. The van der Waals surface area contributed by atoms with Crippen molar-refractivity contribution in [2.75, 3.05) is 0 Å². The topological polar surface area (TPSA) is 79.1 Å². The Kier molecular flexibility index (Phi) is 3.69. The number of aliphatic carboxylic acids is 1. The molecule has 4 nitrogen and oxygen atoms in total. The number of hydrogen-bond acceptors (Lipinski definition) is 2. The highest BCUT2D eigenvalue weighted by molar-refractivity contribution is 5.88. The van der Waals surface area contributed by atoms with E-state index in [4.69, 9.17) is 10.8 Å². The average molecular weight is 294 g/mol. The molecule has 2 aromatic carbocycles. The van der Waals surface area contributed by atoms with Crippen LogP contribution in [0.4, 0.5) is 0 Å². The van der Waals surface area contributed by atoms with Crippen molar-refractivity contribution in [1.29, 1.82) is 0 Å². The molecule has 3 aromatic rings. The fraction of sp³-hybridized carbons (Fsp3) is 0.167. The zero-order chi connectivity index (χ0) is 15.7. The van der Waals surface area contributed by atoms with Gasteiger partial charge in [-0.15, -0.1) is 0 Å². The molecule has 0 fully saturated rings. The number of nitrogens with one attached hydrogen (secondary N) is 1. The van der Waals surface area contributed by atoms with Crippen LogP contribution in [0.1, 0.15) is 11.1 Å². The molecule has 1 atom stereocenters. The number of rotatable bonds is 4. The number of aromatic nitrogens is 1. The predicted octanol–water partition coefficient (Wildman–Crippen LogP) is 3.10. The van der Waals surface area contributed by atoms with Crippen LogP contribution in [-0.4, -0.2) is 22.1 Å². The molecule has 0 radical (unpaired) electrons. The highest BCUT2D eigenvalue weighted by Crippen LogP contribution is 2.27. The summed E-state index contributed by atoms with van der Waals surface area (Å²) in [7, 11) is 0. The smallest absolute Gasteiger partial charge is 0.320 e. The van der Waals surface area contributed by atoms with E-state index < -0.39 is 12.0 Å². The van der Waals surface area contributed by atoms with Crippen molar-refractivity contribution in [1.82, 2.24) is 4.98 Å². The van der Waals surface area contributed by atoms with Gasteiger partial charge in [-0.25, -0.2) is 0 Å². The van der Waals surface area contributed by atoms with Crippen LogP contribution >= 0.6 is 0 Å². The summed E-state index contributed by atoms with van der Waals surface area (Å²) < 4.78 is 0. The Morgan fingerprint density at radius 1 is 1.23 bits per heavy atom. The molecule has 4 heteroatoms. The van der Waals surface area contributed by atoms with Gasteiger partial charge in [0.1, 0.15) is 6.04 Å². The lowest BCUT2D eigenvalue weighted by Gasteiger charge is -2.07. The highest BCUT2D eigenvalue weighted by Gasteiger charge is 2.15. The van der Waals surface area contributed by atoms with Crippen molar-refractivity contribution in [3.63, 3.8) is 0 Å². The van der Waals surface area contributed by atoms with Gasteiger partial charge >= 0.3 is 5.97 Å². The van der Waals surface area contributed by atoms with Gasteiger partial charge in [-0.2, -0.15) is 0 Å². The molecule has 112 valence electrons. The molecule has 0 bridgehead atoms. The van der Waals surface area contributed by atoms with E-state index in [-0.39, 0.29) is 0 Å². The third-order valence-corrected chi connectivity index (χ3v) is 3.88. The average Bonchev–Trinajstić information content (AvgIpc) is 2.89. The normalized spacial score (nSPS) is 12.5. The first-order chi connectivity index (χ1) is 10.5. The lowest BCUT2D eigenvalue weighted by molar-refractivity contribution is -0.138. The maximum absolute atomic E-state index is 11.0. The molecule has 0 aliphatic carbocycles. The Bertz CT molecular complexity index is 836. The first-order valence-corrected chi connectivity index (χ1v) is 7.20. The van der Waals surface area contributed by atoms with Gasteiger partial charge in [0.2, 0.25) is 0 Å². The first-order valence-electron chi connectivity index (χ1n) is 7.20. The molecule has 0 saturated carbocycles. The lowest BCUT2D eigenvalue weighted by atomic mass is 9.99. The maximum atomic E-state index is 11.0. The van der Waals surface area contributed by atoms with Crippen molar-refractivity contribution in [2.24, 2.45) is 5.73 Å². The van der Waals surface area contributed by atoms with Crippen molar-refractivity contribution >= 4 is 16.9 Å². The summed E-state index contributed by atoms with van der Waals surface area (Å²) in [4.78, 5) is 14.1. The minimum absolute atomic E-state index is 0.312. The second-order valence-corrected chi connectivity index (χ2v) is 5.59. The van der Waals surface area contributed by atoms with E-state index in [2.05, 4.69) is 42.2 Å². The quantitative estimate of drug-likeness (QED) is 0.691. The monoisotopic (exact) mass is 294 g/mol. The van der Waals surface area contributed by atoms with E-state index >= 15 is 0 Å². The van der Waals surface area contributed by atoms with Crippen LogP contribution in [-0.2, 0) is 11.2 Å². The lowest BCUT2D eigenvalue weighted by Crippen LogP contribution is -2.32. The number of benzene rings is 2. The minimum Gasteiger partial charge on any atom is -0.480 e. The van der Waals surface area contributed by atoms with Crippen LogP contribution in [0.15, 0.2) is 48.7 Å². The Balaban J connectivity index is 2.03. The largest absolute Gasteiger partial charge is 0.480 e. The number of hydrogen-bond donors (Lipinski definition) is 3. The summed E-state index contributed by atoms with van der Waals surface area (Å²) in [5.74, 6) is -0.982. The molecule has 0 aliphatic rings. The Labute approximate surface area is 128 Å². The second-order valence-electron chi connectivity index (χ2n) is 5.59. The Morgan fingerprint density at radius 3 is 2.73 bits per heavy atom. The van der Waals surface area contributed by atoms with Gasteiger partial charge in [-0.05, 0) is 35.7 Å². The van der Waals surface area contributed by atoms with Crippen LogP contribution in [0, 0.1) is 6.92 Å². The molecular weight excluding hydrogens is 276 g/mol. The molecular formula is C18H18N2O2. The van der Waals surface area contributed by atoms with Crippen molar-refractivity contribution in [3.05, 3.63) is 59.8 Å². The fourth-order valence-corrected chi connectivity index (χ4v) is 2.68. The number of fused-ring (bicyclic) bond motifs is 1. The van der Waals surface area contributed by atoms with Crippen LogP contribution in [0.5, 0.6) is 0 Å². The standard InChI is InChI=1S/C18H18N2O2/c1-11-3-2-4-12(7-11)13-5-6-17-15(8-13)14(10-20-17)9-16(19)18(21)22/h2-8,10,16,20H,9,19H2,1H3,(H,21,22). The van der Waals surface area contributed by atoms with Crippen LogP contribution in [0.3, 0.4) is 0 Å². The van der Waals surface area contributed by atoms with Gasteiger partial charge in [0, 0.05) is 23.5 Å². The van der Waals surface area contributed by atoms with Crippen LogP contribution in [0.2, 0.25) is 0 Å². The van der Waals surface area contributed by atoms with Gasteiger partial charge < -0.3 is 15.8 Å². The van der Waals surface area contributed by atoms with Gasteiger partial charge in [0.15, 0.2) is 0 Å². The molecule has 0 amide bonds. The number of nitrogens with two attached hydrogens (primary N) is 1. The van der Waals surface area contributed by atoms with Crippen LogP contribution in [0.25, 0.3) is 22.0 Å². The van der Waals surface area contributed by atoms with Gasteiger partial charge in [0.25, 0.3) is 0 Å². The van der Waals surface area contributed by atoms with E-state index in [1.54, 1.807) is 0 Å². The summed E-state index contributed by atoms with van der Waals surface area (Å²) >= 11 is 0. The van der Waals surface area contributed by atoms with E-state index in [9.17, 15) is 4.79 Å². The van der Waals surface area contributed by atoms with E-state index in [0.29, 0.717) is 6.42 Å². The molecule has 4 N–H and O–H groups in total. The molecule has 0 spiro atoms. The van der Waals surface area contributed by atoms with E-state index in [0.717, 1.165) is 27.6 Å². The first kappa shape index (κ1) is 14.4. The third-order valence-electron chi connectivity index (χ3n) is 3.88. The van der Waals surface area contributed by atoms with Gasteiger partial charge in [0.05, 0.1) is 0 Å². The zero-order valence-corrected chi connectivity index (χ0v) is 12.3. The molecule has 1 aromatic heterocycles. The number of aryl methyl sites for hydroxylation is 1. The molecule has 1 unspecified atom stereocenters. The summed E-state index contributed by atoms with van der Waals surface area (Å²) in [6.45, 7) is 2.07. The van der Waals surface area contributed by atoms with Gasteiger partial charge in [-0.3, -0.25) is 4.79 Å². The number of carboxylic acids is 1. The maximum Gasteiger partial charge on any atom is 0.320 e. The molecule has 0 aliphatic heterocycles.